The Kier molecular flexibility index (Phi) is 5.06. The number of hydrogen-bond donors (Lipinski definition) is 1. The van der Waals surface area contributed by atoms with Crippen LogP contribution in [0.5, 0.6) is 0 Å². The van der Waals surface area contributed by atoms with Gasteiger partial charge in [-0.3, -0.25) is 4.79 Å². The highest BCUT2D eigenvalue weighted by molar-refractivity contribution is 5.84. The lowest BCUT2D eigenvalue weighted by molar-refractivity contribution is -0.153. The largest absolute Gasteiger partial charge is 0.368 e. The van der Waals surface area contributed by atoms with E-state index in [1.54, 1.807) is 6.92 Å². The minimum Gasteiger partial charge on any atom is -0.368 e. The zero-order valence-corrected chi connectivity index (χ0v) is 10.9. The highest BCUT2D eigenvalue weighted by Crippen LogP contribution is 2.34. The Balaban J connectivity index is 0.000000249. The van der Waals surface area contributed by atoms with E-state index in [1.165, 1.54) is 7.11 Å². The van der Waals surface area contributed by atoms with E-state index < -0.39 is 12.1 Å². The van der Waals surface area contributed by atoms with Gasteiger partial charge in [0.05, 0.1) is 6.10 Å². The zero-order chi connectivity index (χ0) is 13.1. The molecule has 3 atom stereocenters. The van der Waals surface area contributed by atoms with Crippen molar-refractivity contribution >= 4 is 5.78 Å². The number of methoxy groups -OCH3 is 1. The van der Waals surface area contributed by atoms with Gasteiger partial charge in [0.2, 0.25) is 0 Å². The maximum Gasteiger partial charge on any atom is 0.164 e. The molecule has 0 aromatic rings. The molecule has 0 aromatic carbocycles. The summed E-state index contributed by atoms with van der Waals surface area (Å²) in [6.07, 6.45) is 1.67. The van der Waals surface area contributed by atoms with Gasteiger partial charge in [0.1, 0.15) is 6.10 Å². The van der Waals surface area contributed by atoms with Crippen molar-refractivity contribution in [2.24, 2.45) is 0 Å². The molecular formula is C12H22O5. The minimum atomic E-state index is -0.616. The molecule has 1 heterocycles. The number of fused-ring (bicyclic) bond motifs is 1. The lowest BCUT2D eigenvalue weighted by Crippen LogP contribution is -2.35. The molecule has 0 bridgehead atoms. The number of ether oxygens (including phenoxy) is 3. The zero-order valence-electron chi connectivity index (χ0n) is 10.9. The third-order valence-corrected chi connectivity index (χ3v) is 2.75. The van der Waals surface area contributed by atoms with E-state index in [1.807, 2.05) is 13.8 Å². The summed E-state index contributed by atoms with van der Waals surface area (Å²) in [6.45, 7) is 5.28. The SMILES string of the molecule is CC1(C)OC2CCCC(=O)C2O1.COC(C)O. The topological polar surface area (TPSA) is 65.0 Å². The van der Waals surface area contributed by atoms with Crippen LogP contribution in [0.4, 0.5) is 0 Å². The maximum atomic E-state index is 11.4. The van der Waals surface area contributed by atoms with E-state index in [-0.39, 0.29) is 18.0 Å². The van der Waals surface area contributed by atoms with Gasteiger partial charge in [-0.1, -0.05) is 0 Å². The second kappa shape index (κ2) is 5.91. The van der Waals surface area contributed by atoms with Crippen molar-refractivity contribution < 1.29 is 24.1 Å². The van der Waals surface area contributed by atoms with Gasteiger partial charge in [-0.05, 0) is 33.6 Å². The van der Waals surface area contributed by atoms with E-state index in [4.69, 9.17) is 14.6 Å². The third kappa shape index (κ3) is 4.35. The quantitative estimate of drug-likeness (QED) is 0.705. The fourth-order valence-corrected chi connectivity index (χ4v) is 1.94. The molecule has 1 aliphatic carbocycles. The van der Waals surface area contributed by atoms with Crippen molar-refractivity contribution in [3.63, 3.8) is 0 Å². The van der Waals surface area contributed by atoms with Crippen LogP contribution in [0.15, 0.2) is 0 Å². The molecule has 1 N–H and O–H groups in total. The number of aliphatic hydroxyl groups is 1. The molecule has 1 aliphatic heterocycles. The van der Waals surface area contributed by atoms with Crippen LogP contribution in [-0.2, 0) is 19.0 Å². The normalized spacial score (nSPS) is 32.4. The van der Waals surface area contributed by atoms with Crippen molar-refractivity contribution in [1.29, 1.82) is 0 Å². The molecule has 5 nitrogen and oxygen atoms in total. The van der Waals surface area contributed by atoms with Crippen molar-refractivity contribution in [3.8, 4) is 0 Å². The van der Waals surface area contributed by atoms with E-state index in [0.717, 1.165) is 12.8 Å². The second-order valence-corrected chi connectivity index (χ2v) is 4.79. The van der Waals surface area contributed by atoms with Gasteiger partial charge in [-0.2, -0.15) is 0 Å². The first-order valence-electron chi connectivity index (χ1n) is 5.95. The number of Topliss-reactive ketones (excluding diaryl/α,β-unsaturated/α-hetero) is 1. The number of carbonyl (C=O) groups excluding carboxylic acids is 1. The molecule has 3 unspecified atom stereocenters. The summed E-state index contributed by atoms with van der Waals surface area (Å²) in [5.41, 5.74) is 0. The molecule has 0 spiro atoms. The van der Waals surface area contributed by atoms with Crippen LogP contribution in [-0.4, -0.2) is 42.3 Å². The Hall–Kier alpha value is -0.490. The van der Waals surface area contributed by atoms with Gasteiger partial charge in [0.25, 0.3) is 0 Å². The highest BCUT2D eigenvalue weighted by Gasteiger charge is 2.46. The smallest absolute Gasteiger partial charge is 0.164 e. The van der Waals surface area contributed by atoms with E-state index >= 15 is 0 Å². The molecule has 100 valence electrons. The number of ketones is 1. The number of hydrogen-bond acceptors (Lipinski definition) is 5. The minimum absolute atomic E-state index is 0.0150. The van der Waals surface area contributed by atoms with Gasteiger partial charge in [0, 0.05) is 13.5 Å². The van der Waals surface area contributed by atoms with Gasteiger partial charge in [0.15, 0.2) is 17.9 Å². The molecule has 2 fully saturated rings. The van der Waals surface area contributed by atoms with Crippen LogP contribution in [0.25, 0.3) is 0 Å². The summed E-state index contributed by atoms with van der Waals surface area (Å²) in [4.78, 5) is 11.4. The summed E-state index contributed by atoms with van der Waals surface area (Å²) in [5.74, 6) is -0.355. The van der Waals surface area contributed by atoms with Crippen molar-refractivity contribution in [2.75, 3.05) is 7.11 Å². The van der Waals surface area contributed by atoms with Crippen molar-refractivity contribution in [3.05, 3.63) is 0 Å². The van der Waals surface area contributed by atoms with Crippen molar-refractivity contribution in [2.45, 2.75) is 64.3 Å². The fraction of sp³-hybridized carbons (Fsp3) is 0.917. The number of rotatable bonds is 1. The Labute approximate surface area is 102 Å². The lowest BCUT2D eigenvalue weighted by atomic mass is 9.94. The van der Waals surface area contributed by atoms with Gasteiger partial charge < -0.3 is 19.3 Å². The van der Waals surface area contributed by atoms with Crippen molar-refractivity contribution in [1.82, 2.24) is 0 Å². The lowest BCUT2D eigenvalue weighted by Gasteiger charge is -2.20. The highest BCUT2D eigenvalue weighted by atomic mass is 16.8. The summed E-state index contributed by atoms with van der Waals surface area (Å²) in [7, 11) is 1.45. The second-order valence-electron chi connectivity index (χ2n) is 4.79. The van der Waals surface area contributed by atoms with E-state index in [0.29, 0.717) is 6.42 Å². The molecule has 17 heavy (non-hydrogen) atoms. The summed E-state index contributed by atoms with van der Waals surface area (Å²) in [5, 5.41) is 8.14. The molecule has 1 saturated heterocycles. The predicted molar refractivity (Wildman–Crippen MR) is 61.4 cm³/mol. The molecule has 5 heteroatoms. The Bertz CT molecular complexity index is 262. The molecule has 0 aromatic heterocycles. The molecular weight excluding hydrogens is 224 g/mol. The first-order chi connectivity index (χ1) is 7.85. The Morgan fingerprint density at radius 2 is 2.06 bits per heavy atom. The van der Waals surface area contributed by atoms with Gasteiger partial charge >= 0.3 is 0 Å². The van der Waals surface area contributed by atoms with Crippen LogP contribution >= 0.6 is 0 Å². The average Bonchev–Trinajstić information content (AvgIpc) is 2.55. The summed E-state index contributed by atoms with van der Waals surface area (Å²) < 4.78 is 15.4. The average molecular weight is 246 g/mol. The Morgan fingerprint density at radius 1 is 1.47 bits per heavy atom. The first kappa shape index (κ1) is 14.6. The first-order valence-corrected chi connectivity index (χ1v) is 5.95. The van der Waals surface area contributed by atoms with Crippen LogP contribution in [0.1, 0.15) is 40.0 Å². The number of aliphatic hydroxyl groups excluding tert-OH is 1. The number of carbonyl (C=O) groups is 1. The third-order valence-electron chi connectivity index (χ3n) is 2.75. The van der Waals surface area contributed by atoms with Crippen LogP contribution < -0.4 is 0 Å². The standard InChI is InChI=1S/C9H14O3.C3H8O2/c1-9(2)11-7-5-3-4-6(10)8(7)12-9;1-3(4)5-2/h7-8H,3-5H2,1-2H3;3-4H,1-2H3. The van der Waals surface area contributed by atoms with Gasteiger partial charge in [-0.15, -0.1) is 0 Å². The van der Waals surface area contributed by atoms with Gasteiger partial charge in [-0.25, -0.2) is 0 Å². The monoisotopic (exact) mass is 246 g/mol. The molecule has 2 aliphatic rings. The molecule has 1 saturated carbocycles. The molecule has 2 rings (SSSR count). The van der Waals surface area contributed by atoms with Crippen LogP contribution in [0.3, 0.4) is 0 Å². The molecule has 0 amide bonds. The Morgan fingerprint density at radius 3 is 2.53 bits per heavy atom. The fourth-order valence-electron chi connectivity index (χ4n) is 1.94. The predicted octanol–water partition coefficient (Wildman–Crippen LogP) is 1.23. The summed E-state index contributed by atoms with van der Waals surface area (Å²) >= 11 is 0. The van der Waals surface area contributed by atoms with E-state index in [9.17, 15) is 4.79 Å². The maximum absolute atomic E-state index is 11.4. The molecule has 0 radical (unpaired) electrons. The van der Waals surface area contributed by atoms with Crippen LogP contribution in [0, 0.1) is 0 Å². The van der Waals surface area contributed by atoms with Crippen LogP contribution in [0.2, 0.25) is 0 Å². The summed E-state index contributed by atoms with van der Waals surface area (Å²) in [6, 6.07) is 0. The van der Waals surface area contributed by atoms with E-state index in [2.05, 4.69) is 4.74 Å².